The van der Waals surface area contributed by atoms with E-state index in [4.69, 9.17) is 10.4 Å². The average molecular weight is 230 g/mol. The molecule has 4 nitrogen and oxygen atoms in total. The van der Waals surface area contributed by atoms with Crippen molar-refractivity contribution in [1.29, 1.82) is 5.26 Å². The number of nitriles is 1. The predicted molar refractivity (Wildman–Crippen MR) is 45.7 cm³/mol. The molecule has 0 unspecified atom stereocenters. The minimum atomic E-state index is -4.90. The maximum Gasteiger partial charge on any atom is 0.418 e. The number of hydrogen-bond donors (Lipinski definition) is 1. The first-order valence-corrected chi connectivity index (χ1v) is 3.99. The zero-order chi connectivity index (χ0) is 12.5. The van der Waals surface area contributed by atoms with Gasteiger partial charge in [-0.15, -0.1) is 0 Å². The van der Waals surface area contributed by atoms with Gasteiger partial charge >= 0.3 is 12.1 Å². The minimum Gasteiger partial charge on any atom is -0.478 e. The molecule has 0 aromatic carbocycles. The van der Waals surface area contributed by atoms with Crippen molar-refractivity contribution in [2.24, 2.45) is 0 Å². The Hall–Kier alpha value is -2.10. The van der Waals surface area contributed by atoms with Crippen LogP contribution in [0.2, 0.25) is 0 Å². The fraction of sp³-hybridized carbons (Fsp3) is 0.222. The number of hydrogen-bond acceptors (Lipinski definition) is 3. The zero-order valence-corrected chi connectivity index (χ0v) is 7.96. The van der Waals surface area contributed by atoms with Gasteiger partial charge in [-0.1, -0.05) is 0 Å². The lowest BCUT2D eigenvalue weighted by molar-refractivity contribution is -0.138. The third-order valence-corrected chi connectivity index (χ3v) is 1.89. The van der Waals surface area contributed by atoms with Crippen molar-refractivity contribution in [3.05, 3.63) is 28.6 Å². The molecular formula is C9H5F3N2O2. The van der Waals surface area contributed by atoms with Crippen molar-refractivity contribution >= 4 is 5.97 Å². The molecule has 0 aliphatic heterocycles. The van der Waals surface area contributed by atoms with Crippen LogP contribution in [0.3, 0.4) is 0 Å². The molecular weight excluding hydrogens is 225 g/mol. The Bertz CT molecular complexity index is 489. The van der Waals surface area contributed by atoms with Gasteiger partial charge in [-0.05, 0) is 6.92 Å². The summed E-state index contributed by atoms with van der Waals surface area (Å²) in [7, 11) is 0. The highest BCUT2D eigenvalue weighted by Gasteiger charge is 2.39. The van der Waals surface area contributed by atoms with Gasteiger partial charge in [0.1, 0.15) is 6.07 Å². The highest BCUT2D eigenvalue weighted by Crippen LogP contribution is 2.35. The van der Waals surface area contributed by atoms with E-state index < -0.39 is 28.8 Å². The SMILES string of the molecule is Cc1ncc(C(=O)O)c(C(F)(F)F)c1C#N. The number of carboxylic acids is 1. The number of carboxylic acid groups (broad SMARTS) is 1. The van der Waals surface area contributed by atoms with Crippen LogP contribution in [0.4, 0.5) is 13.2 Å². The first-order valence-electron chi connectivity index (χ1n) is 3.99. The summed E-state index contributed by atoms with van der Waals surface area (Å²) in [4.78, 5) is 14.0. The molecule has 1 aromatic heterocycles. The second-order valence-corrected chi connectivity index (χ2v) is 2.92. The lowest BCUT2D eigenvalue weighted by Gasteiger charge is -2.12. The largest absolute Gasteiger partial charge is 0.478 e. The Morgan fingerprint density at radius 3 is 2.50 bits per heavy atom. The Labute approximate surface area is 88.0 Å². The molecule has 0 amide bonds. The third-order valence-electron chi connectivity index (χ3n) is 1.89. The summed E-state index contributed by atoms with van der Waals surface area (Å²) in [5.74, 6) is -1.77. The second-order valence-electron chi connectivity index (χ2n) is 2.92. The number of pyridine rings is 1. The summed E-state index contributed by atoms with van der Waals surface area (Å²) in [6.45, 7) is 1.21. The van der Waals surface area contributed by atoms with Crippen molar-refractivity contribution in [2.45, 2.75) is 13.1 Å². The molecule has 0 saturated carbocycles. The Morgan fingerprint density at radius 1 is 1.56 bits per heavy atom. The van der Waals surface area contributed by atoms with Gasteiger partial charge < -0.3 is 5.11 Å². The molecule has 0 aliphatic rings. The maximum absolute atomic E-state index is 12.6. The molecule has 1 heterocycles. The molecule has 7 heteroatoms. The van der Waals surface area contributed by atoms with E-state index in [1.807, 2.05) is 0 Å². The van der Waals surface area contributed by atoms with E-state index in [0.29, 0.717) is 6.20 Å². The van der Waals surface area contributed by atoms with Crippen LogP contribution in [-0.4, -0.2) is 16.1 Å². The van der Waals surface area contributed by atoms with Crippen LogP contribution in [-0.2, 0) is 6.18 Å². The lowest BCUT2D eigenvalue weighted by atomic mass is 10.0. The van der Waals surface area contributed by atoms with E-state index in [0.717, 1.165) is 0 Å². The van der Waals surface area contributed by atoms with Crippen molar-refractivity contribution in [3.8, 4) is 6.07 Å². The van der Waals surface area contributed by atoms with Crippen LogP contribution in [0.1, 0.15) is 27.2 Å². The van der Waals surface area contributed by atoms with Gasteiger partial charge in [0.15, 0.2) is 0 Å². The molecule has 0 atom stereocenters. The lowest BCUT2D eigenvalue weighted by Crippen LogP contribution is -2.17. The average Bonchev–Trinajstić information content (AvgIpc) is 2.15. The monoisotopic (exact) mass is 230 g/mol. The number of rotatable bonds is 1. The summed E-state index contributed by atoms with van der Waals surface area (Å²) >= 11 is 0. The fourth-order valence-electron chi connectivity index (χ4n) is 1.20. The van der Waals surface area contributed by atoms with E-state index in [2.05, 4.69) is 4.98 Å². The summed E-state index contributed by atoms with van der Waals surface area (Å²) in [5, 5.41) is 17.2. The van der Waals surface area contributed by atoms with E-state index in [1.165, 1.54) is 13.0 Å². The number of aromatic carboxylic acids is 1. The van der Waals surface area contributed by atoms with Crippen molar-refractivity contribution in [2.75, 3.05) is 0 Å². The molecule has 1 rings (SSSR count). The van der Waals surface area contributed by atoms with Crippen molar-refractivity contribution < 1.29 is 23.1 Å². The number of aromatic nitrogens is 1. The molecule has 0 radical (unpaired) electrons. The smallest absolute Gasteiger partial charge is 0.418 e. The molecule has 16 heavy (non-hydrogen) atoms. The van der Waals surface area contributed by atoms with E-state index in [-0.39, 0.29) is 5.69 Å². The Morgan fingerprint density at radius 2 is 2.12 bits per heavy atom. The maximum atomic E-state index is 12.6. The molecule has 84 valence electrons. The number of nitrogens with zero attached hydrogens (tertiary/aromatic N) is 2. The van der Waals surface area contributed by atoms with Crippen LogP contribution >= 0.6 is 0 Å². The van der Waals surface area contributed by atoms with Crippen LogP contribution in [0.5, 0.6) is 0 Å². The zero-order valence-electron chi connectivity index (χ0n) is 7.96. The standard InChI is InChI=1S/C9H5F3N2O2/c1-4-5(2-13)7(9(10,11)12)6(3-14-4)8(15)16/h3H,1H3,(H,15,16). The topological polar surface area (TPSA) is 74.0 Å². The van der Waals surface area contributed by atoms with Crippen LogP contribution in [0, 0.1) is 18.3 Å². The molecule has 0 aliphatic carbocycles. The quantitative estimate of drug-likeness (QED) is 0.800. The van der Waals surface area contributed by atoms with Gasteiger partial charge in [-0.3, -0.25) is 4.98 Å². The number of halogens is 3. The van der Waals surface area contributed by atoms with E-state index in [1.54, 1.807) is 0 Å². The minimum absolute atomic E-state index is 0.153. The molecule has 0 spiro atoms. The molecule has 1 N–H and O–H groups in total. The van der Waals surface area contributed by atoms with Crippen molar-refractivity contribution in [3.63, 3.8) is 0 Å². The predicted octanol–water partition coefficient (Wildman–Crippen LogP) is 1.98. The molecule has 1 aromatic rings. The highest BCUT2D eigenvalue weighted by atomic mass is 19.4. The molecule has 0 fully saturated rings. The highest BCUT2D eigenvalue weighted by molar-refractivity contribution is 5.90. The fourth-order valence-corrected chi connectivity index (χ4v) is 1.20. The van der Waals surface area contributed by atoms with Crippen LogP contribution in [0.25, 0.3) is 0 Å². The summed E-state index contributed by atoms with van der Waals surface area (Å²) in [6.07, 6.45) is -4.30. The van der Waals surface area contributed by atoms with Gasteiger partial charge in [0.2, 0.25) is 0 Å². The first kappa shape index (κ1) is 12.0. The van der Waals surface area contributed by atoms with Gasteiger partial charge in [-0.25, -0.2) is 4.79 Å². The van der Waals surface area contributed by atoms with Crippen molar-refractivity contribution in [1.82, 2.24) is 4.98 Å². The first-order chi connectivity index (χ1) is 7.29. The number of aryl methyl sites for hydroxylation is 1. The Balaban J connectivity index is 3.70. The second kappa shape index (κ2) is 3.81. The molecule has 0 bridgehead atoms. The number of alkyl halides is 3. The third kappa shape index (κ3) is 1.95. The molecule has 0 saturated heterocycles. The van der Waals surface area contributed by atoms with Gasteiger partial charge in [0.25, 0.3) is 0 Å². The van der Waals surface area contributed by atoms with Crippen LogP contribution < -0.4 is 0 Å². The summed E-state index contributed by atoms with van der Waals surface area (Å²) in [6, 6.07) is 1.32. The van der Waals surface area contributed by atoms with Gasteiger partial charge in [-0.2, -0.15) is 18.4 Å². The van der Waals surface area contributed by atoms with E-state index in [9.17, 15) is 18.0 Å². The normalized spacial score (nSPS) is 10.9. The number of carbonyl (C=O) groups is 1. The van der Waals surface area contributed by atoms with E-state index >= 15 is 0 Å². The summed E-state index contributed by atoms with van der Waals surface area (Å²) in [5.41, 5.74) is -3.38. The van der Waals surface area contributed by atoms with Gasteiger partial charge in [0, 0.05) is 6.20 Å². The summed E-state index contributed by atoms with van der Waals surface area (Å²) < 4.78 is 37.8. The Kier molecular flexibility index (Phi) is 2.85. The van der Waals surface area contributed by atoms with Crippen LogP contribution in [0.15, 0.2) is 6.20 Å². The van der Waals surface area contributed by atoms with Gasteiger partial charge in [0.05, 0.1) is 22.4 Å².